The minimum atomic E-state index is -0.212. The van der Waals surface area contributed by atoms with Gasteiger partial charge in [0.2, 0.25) is 0 Å². The van der Waals surface area contributed by atoms with Crippen LogP contribution in [-0.4, -0.2) is 23.9 Å². The second-order valence-corrected chi connectivity index (χ2v) is 4.46. The molecule has 0 aromatic heterocycles. The first-order chi connectivity index (χ1) is 8.51. The van der Waals surface area contributed by atoms with E-state index in [2.05, 4.69) is 0 Å². The SMILES string of the molecule is CCN(CCC#N)C(=O)c1cc(Cl)c(N)c(Cl)c1. The van der Waals surface area contributed by atoms with Gasteiger partial charge in [0.25, 0.3) is 5.91 Å². The summed E-state index contributed by atoms with van der Waals surface area (Å²) in [5.74, 6) is -0.212. The molecule has 0 atom stereocenters. The van der Waals surface area contributed by atoms with Crippen molar-refractivity contribution in [2.45, 2.75) is 13.3 Å². The average molecular weight is 286 g/mol. The fourth-order valence-electron chi connectivity index (χ4n) is 1.48. The first kappa shape index (κ1) is 14.6. The fourth-order valence-corrected chi connectivity index (χ4v) is 1.97. The van der Waals surface area contributed by atoms with Crippen molar-refractivity contribution >= 4 is 34.8 Å². The Kier molecular flexibility index (Phi) is 5.26. The molecule has 0 unspecified atom stereocenters. The van der Waals surface area contributed by atoms with Crippen molar-refractivity contribution in [2.24, 2.45) is 0 Å². The van der Waals surface area contributed by atoms with E-state index in [1.807, 2.05) is 13.0 Å². The zero-order chi connectivity index (χ0) is 13.7. The van der Waals surface area contributed by atoms with Crippen molar-refractivity contribution in [1.29, 1.82) is 5.26 Å². The molecule has 0 aliphatic carbocycles. The minimum absolute atomic E-state index is 0.212. The van der Waals surface area contributed by atoms with Gasteiger partial charge in [0.1, 0.15) is 0 Å². The van der Waals surface area contributed by atoms with Crippen LogP contribution in [0.2, 0.25) is 10.0 Å². The lowest BCUT2D eigenvalue weighted by Crippen LogP contribution is -2.31. The number of hydrogen-bond acceptors (Lipinski definition) is 3. The van der Waals surface area contributed by atoms with E-state index in [1.165, 1.54) is 12.1 Å². The summed E-state index contributed by atoms with van der Waals surface area (Å²) < 4.78 is 0. The van der Waals surface area contributed by atoms with E-state index < -0.39 is 0 Å². The average Bonchev–Trinajstić information content (AvgIpc) is 2.36. The summed E-state index contributed by atoms with van der Waals surface area (Å²) in [7, 11) is 0. The lowest BCUT2D eigenvalue weighted by Gasteiger charge is -2.20. The van der Waals surface area contributed by atoms with Crippen LogP contribution >= 0.6 is 23.2 Å². The highest BCUT2D eigenvalue weighted by Gasteiger charge is 2.16. The van der Waals surface area contributed by atoms with Crippen LogP contribution in [0.1, 0.15) is 23.7 Å². The number of halogens is 2. The van der Waals surface area contributed by atoms with Crippen LogP contribution in [0.5, 0.6) is 0 Å². The maximum Gasteiger partial charge on any atom is 0.253 e. The molecule has 0 fully saturated rings. The molecule has 0 spiro atoms. The normalized spacial score (nSPS) is 9.89. The molecule has 1 amide bonds. The molecule has 0 saturated heterocycles. The Morgan fingerprint density at radius 2 is 2.00 bits per heavy atom. The predicted octanol–water partition coefficient (Wildman–Crippen LogP) is 2.95. The second kappa shape index (κ2) is 6.48. The van der Waals surface area contributed by atoms with Gasteiger partial charge in [0.05, 0.1) is 28.2 Å². The third-order valence-corrected chi connectivity index (χ3v) is 3.11. The molecule has 0 radical (unpaired) electrons. The molecule has 18 heavy (non-hydrogen) atoms. The third kappa shape index (κ3) is 3.28. The Labute approximate surface area is 116 Å². The number of carbonyl (C=O) groups is 1. The molecule has 4 nitrogen and oxygen atoms in total. The van der Waals surface area contributed by atoms with Gasteiger partial charge in [0.15, 0.2) is 0 Å². The van der Waals surface area contributed by atoms with Crippen molar-refractivity contribution in [3.63, 3.8) is 0 Å². The molecule has 1 aromatic rings. The monoisotopic (exact) mass is 285 g/mol. The number of hydrogen-bond donors (Lipinski definition) is 1. The van der Waals surface area contributed by atoms with Crippen LogP contribution < -0.4 is 5.73 Å². The molecule has 0 heterocycles. The fraction of sp³-hybridized carbons (Fsp3) is 0.333. The zero-order valence-electron chi connectivity index (χ0n) is 9.91. The van der Waals surface area contributed by atoms with Crippen LogP contribution in [0, 0.1) is 11.3 Å². The van der Waals surface area contributed by atoms with E-state index in [0.717, 1.165) is 0 Å². The quantitative estimate of drug-likeness (QED) is 0.865. The number of nitrogens with zero attached hydrogens (tertiary/aromatic N) is 2. The molecular formula is C12H13Cl2N3O. The lowest BCUT2D eigenvalue weighted by atomic mass is 10.1. The summed E-state index contributed by atoms with van der Waals surface area (Å²) in [4.78, 5) is 13.7. The highest BCUT2D eigenvalue weighted by Crippen LogP contribution is 2.29. The molecule has 1 aromatic carbocycles. The van der Waals surface area contributed by atoms with Crippen LogP contribution in [0.15, 0.2) is 12.1 Å². The molecular weight excluding hydrogens is 273 g/mol. The van der Waals surface area contributed by atoms with Crippen LogP contribution in [0.4, 0.5) is 5.69 Å². The van der Waals surface area contributed by atoms with Gasteiger partial charge in [-0.2, -0.15) is 5.26 Å². The Balaban J connectivity index is 2.99. The summed E-state index contributed by atoms with van der Waals surface area (Å²) in [6.45, 7) is 2.74. The topological polar surface area (TPSA) is 70.1 Å². The standard InChI is InChI=1S/C12H13Cl2N3O/c1-2-17(5-3-4-15)12(18)8-6-9(13)11(16)10(14)7-8/h6-7H,2-3,5,16H2,1H3. The molecule has 0 aliphatic rings. The second-order valence-electron chi connectivity index (χ2n) is 3.65. The first-order valence-electron chi connectivity index (χ1n) is 5.42. The Morgan fingerprint density at radius 1 is 1.44 bits per heavy atom. The number of nitrogen functional groups attached to an aromatic ring is 1. The van der Waals surface area contributed by atoms with Crippen LogP contribution in [0.3, 0.4) is 0 Å². The van der Waals surface area contributed by atoms with Crippen molar-refractivity contribution in [3.8, 4) is 6.07 Å². The van der Waals surface area contributed by atoms with E-state index in [9.17, 15) is 4.79 Å². The van der Waals surface area contributed by atoms with Crippen molar-refractivity contribution in [3.05, 3.63) is 27.7 Å². The lowest BCUT2D eigenvalue weighted by molar-refractivity contribution is 0.0768. The van der Waals surface area contributed by atoms with E-state index in [-0.39, 0.29) is 28.1 Å². The summed E-state index contributed by atoms with van der Waals surface area (Å²) in [5.41, 5.74) is 6.24. The minimum Gasteiger partial charge on any atom is -0.396 e. The van der Waals surface area contributed by atoms with Crippen LogP contribution in [0.25, 0.3) is 0 Å². The predicted molar refractivity (Wildman–Crippen MR) is 72.7 cm³/mol. The van der Waals surface area contributed by atoms with Gasteiger partial charge in [-0.25, -0.2) is 0 Å². The molecule has 0 bridgehead atoms. The number of carbonyl (C=O) groups excluding carboxylic acids is 1. The summed E-state index contributed by atoms with van der Waals surface area (Å²) >= 11 is 11.8. The van der Waals surface area contributed by atoms with Gasteiger partial charge in [-0.05, 0) is 19.1 Å². The largest absolute Gasteiger partial charge is 0.396 e. The van der Waals surface area contributed by atoms with E-state index in [1.54, 1.807) is 4.90 Å². The van der Waals surface area contributed by atoms with Crippen molar-refractivity contribution in [2.75, 3.05) is 18.8 Å². The molecule has 0 saturated carbocycles. The number of nitrogens with two attached hydrogens (primary N) is 1. The number of rotatable bonds is 4. The highest BCUT2D eigenvalue weighted by atomic mass is 35.5. The van der Waals surface area contributed by atoms with Crippen LogP contribution in [-0.2, 0) is 0 Å². The molecule has 2 N–H and O–H groups in total. The van der Waals surface area contributed by atoms with Crippen molar-refractivity contribution in [1.82, 2.24) is 4.90 Å². The van der Waals surface area contributed by atoms with Gasteiger partial charge in [-0.15, -0.1) is 0 Å². The van der Waals surface area contributed by atoms with E-state index in [0.29, 0.717) is 18.7 Å². The van der Waals surface area contributed by atoms with Gasteiger partial charge in [-0.3, -0.25) is 4.79 Å². The van der Waals surface area contributed by atoms with Gasteiger partial charge in [0, 0.05) is 18.7 Å². The molecule has 6 heteroatoms. The highest BCUT2D eigenvalue weighted by molar-refractivity contribution is 6.39. The molecule has 96 valence electrons. The summed E-state index contributed by atoms with van der Waals surface area (Å²) in [6, 6.07) is 4.98. The van der Waals surface area contributed by atoms with Gasteiger partial charge in [-0.1, -0.05) is 23.2 Å². The van der Waals surface area contributed by atoms with E-state index in [4.69, 9.17) is 34.2 Å². The molecule has 0 aliphatic heterocycles. The van der Waals surface area contributed by atoms with Gasteiger partial charge >= 0.3 is 0 Å². The first-order valence-corrected chi connectivity index (χ1v) is 6.17. The van der Waals surface area contributed by atoms with Gasteiger partial charge < -0.3 is 10.6 Å². The summed E-state index contributed by atoms with van der Waals surface area (Å²) in [5, 5.41) is 9.04. The number of anilines is 1. The summed E-state index contributed by atoms with van der Waals surface area (Å²) in [6.07, 6.45) is 0.288. The number of amides is 1. The number of benzene rings is 1. The number of nitriles is 1. The third-order valence-electron chi connectivity index (χ3n) is 2.49. The smallest absolute Gasteiger partial charge is 0.253 e. The molecule has 1 rings (SSSR count). The Morgan fingerprint density at radius 3 is 2.44 bits per heavy atom. The Hall–Kier alpha value is -1.44. The maximum absolute atomic E-state index is 12.2. The zero-order valence-corrected chi connectivity index (χ0v) is 11.4. The Bertz CT molecular complexity index is 474. The maximum atomic E-state index is 12.2. The van der Waals surface area contributed by atoms with Crippen molar-refractivity contribution < 1.29 is 4.79 Å². The van der Waals surface area contributed by atoms with E-state index >= 15 is 0 Å².